The maximum Gasteiger partial charge on any atom is 0.305 e. The van der Waals surface area contributed by atoms with E-state index in [0.717, 1.165) is 4.90 Å². The summed E-state index contributed by atoms with van der Waals surface area (Å²) in [5.74, 6) is -3.28. The van der Waals surface area contributed by atoms with Crippen molar-refractivity contribution in [3.8, 4) is 0 Å². The van der Waals surface area contributed by atoms with E-state index in [9.17, 15) is 19.5 Å². The molecule has 1 heterocycles. The molecule has 1 aliphatic heterocycles. The van der Waals surface area contributed by atoms with E-state index < -0.39 is 23.7 Å². The largest absolute Gasteiger partial charge is 0.507 e. The van der Waals surface area contributed by atoms with E-state index in [1.165, 1.54) is 12.1 Å². The lowest BCUT2D eigenvalue weighted by atomic mass is 9.95. The number of likely N-dealkylation sites (tertiary alicyclic amines) is 1. The third-order valence-corrected chi connectivity index (χ3v) is 5.02. The van der Waals surface area contributed by atoms with Gasteiger partial charge in [0.25, 0.3) is 11.7 Å². The number of amides is 1. The number of carbonyl (C=O) groups excluding carboxylic acids is 2. The standard InChI is InChI=1S/C20H15Cl2NO5/c21-12-7-5-11(6-8-12)18(26)16-17(13-3-1-2-4-14(13)22)23(10-9-15(24)25)20(28)19(16)27/h1-8,17,26H,9-10H2,(H,24,25)/b18-16+. The van der Waals surface area contributed by atoms with Crippen molar-refractivity contribution in [2.45, 2.75) is 12.5 Å². The maximum absolute atomic E-state index is 12.7. The molecule has 28 heavy (non-hydrogen) atoms. The Morgan fingerprint density at radius 2 is 1.64 bits per heavy atom. The van der Waals surface area contributed by atoms with Crippen LogP contribution in [0.5, 0.6) is 0 Å². The van der Waals surface area contributed by atoms with E-state index in [1.54, 1.807) is 36.4 Å². The van der Waals surface area contributed by atoms with Gasteiger partial charge in [0, 0.05) is 22.2 Å². The van der Waals surface area contributed by atoms with Gasteiger partial charge in [-0.05, 0) is 35.9 Å². The summed E-state index contributed by atoms with van der Waals surface area (Å²) in [7, 11) is 0. The highest BCUT2D eigenvalue weighted by atomic mass is 35.5. The van der Waals surface area contributed by atoms with Gasteiger partial charge in [0.05, 0.1) is 18.0 Å². The molecule has 8 heteroatoms. The molecule has 0 aliphatic carbocycles. The minimum absolute atomic E-state index is 0.147. The second kappa shape index (κ2) is 8.04. The van der Waals surface area contributed by atoms with E-state index in [0.29, 0.717) is 16.1 Å². The van der Waals surface area contributed by atoms with Gasteiger partial charge in [0.15, 0.2) is 0 Å². The Bertz CT molecular complexity index is 984. The summed E-state index contributed by atoms with van der Waals surface area (Å²) in [4.78, 5) is 37.4. The Hall–Kier alpha value is -2.83. The molecular weight excluding hydrogens is 405 g/mol. The van der Waals surface area contributed by atoms with E-state index in [4.69, 9.17) is 28.3 Å². The smallest absolute Gasteiger partial charge is 0.305 e. The number of rotatable bonds is 5. The maximum atomic E-state index is 12.7. The molecule has 0 radical (unpaired) electrons. The predicted octanol–water partition coefficient (Wildman–Crippen LogP) is 3.89. The fourth-order valence-corrected chi connectivity index (χ4v) is 3.48. The van der Waals surface area contributed by atoms with Crippen LogP contribution in [0.15, 0.2) is 54.1 Å². The van der Waals surface area contributed by atoms with Crippen molar-refractivity contribution in [2.24, 2.45) is 0 Å². The molecule has 3 rings (SSSR count). The van der Waals surface area contributed by atoms with Gasteiger partial charge in [-0.15, -0.1) is 0 Å². The quantitative estimate of drug-likeness (QED) is 0.435. The zero-order chi connectivity index (χ0) is 20.4. The Kier molecular flexibility index (Phi) is 5.72. The topological polar surface area (TPSA) is 94.9 Å². The number of halogens is 2. The summed E-state index contributed by atoms with van der Waals surface area (Å²) in [6.45, 7) is -0.201. The van der Waals surface area contributed by atoms with Crippen LogP contribution in [0.1, 0.15) is 23.6 Å². The van der Waals surface area contributed by atoms with Gasteiger partial charge in [0.2, 0.25) is 0 Å². The first kappa shape index (κ1) is 19.9. The summed E-state index contributed by atoms with van der Waals surface area (Å²) in [5.41, 5.74) is 0.577. The fourth-order valence-electron chi connectivity index (χ4n) is 3.11. The van der Waals surface area contributed by atoms with Crippen LogP contribution >= 0.6 is 23.2 Å². The Labute approximate surface area is 170 Å². The third kappa shape index (κ3) is 3.74. The first-order chi connectivity index (χ1) is 13.3. The van der Waals surface area contributed by atoms with Crippen LogP contribution in [-0.2, 0) is 14.4 Å². The summed E-state index contributed by atoms with van der Waals surface area (Å²) in [6, 6.07) is 11.7. The zero-order valence-electron chi connectivity index (χ0n) is 14.4. The van der Waals surface area contributed by atoms with Crippen LogP contribution in [0.4, 0.5) is 0 Å². The van der Waals surface area contributed by atoms with Crippen LogP contribution in [0.25, 0.3) is 5.76 Å². The van der Waals surface area contributed by atoms with Crippen LogP contribution in [0, 0.1) is 0 Å². The highest BCUT2D eigenvalue weighted by molar-refractivity contribution is 6.47. The highest BCUT2D eigenvalue weighted by Crippen LogP contribution is 2.41. The fraction of sp³-hybridized carbons (Fsp3) is 0.150. The van der Waals surface area contributed by atoms with Gasteiger partial charge < -0.3 is 15.1 Å². The molecule has 144 valence electrons. The molecule has 1 saturated heterocycles. The van der Waals surface area contributed by atoms with Gasteiger partial charge in [0.1, 0.15) is 5.76 Å². The molecule has 1 fully saturated rings. The number of aliphatic hydroxyl groups is 1. The van der Waals surface area contributed by atoms with Crippen molar-refractivity contribution in [3.05, 3.63) is 75.3 Å². The number of ketones is 1. The molecule has 0 spiro atoms. The van der Waals surface area contributed by atoms with Crippen LogP contribution in [0.2, 0.25) is 10.0 Å². The SMILES string of the molecule is O=C(O)CCN1C(=O)C(=O)/C(=C(/O)c2ccc(Cl)cc2)C1c1ccccc1Cl. The molecule has 0 aromatic heterocycles. The third-order valence-electron chi connectivity index (χ3n) is 4.42. The van der Waals surface area contributed by atoms with Crippen molar-refractivity contribution in [2.75, 3.05) is 6.54 Å². The molecule has 1 amide bonds. The van der Waals surface area contributed by atoms with E-state index in [2.05, 4.69) is 0 Å². The average molecular weight is 420 g/mol. The monoisotopic (exact) mass is 419 g/mol. The molecule has 2 aromatic rings. The van der Waals surface area contributed by atoms with Crippen molar-refractivity contribution in [3.63, 3.8) is 0 Å². The van der Waals surface area contributed by atoms with Gasteiger partial charge in [-0.2, -0.15) is 0 Å². The summed E-state index contributed by atoms with van der Waals surface area (Å²) in [6.07, 6.45) is -0.352. The second-order valence-corrected chi connectivity index (χ2v) is 7.01. The lowest BCUT2D eigenvalue weighted by molar-refractivity contribution is -0.142. The molecule has 2 N–H and O–H groups in total. The Morgan fingerprint density at radius 3 is 2.25 bits per heavy atom. The number of hydrogen-bond acceptors (Lipinski definition) is 4. The highest BCUT2D eigenvalue weighted by Gasteiger charge is 2.46. The van der Waals surface area contributed by atoms with Crippen LogP contribution < -0.4 is 0 Å². The first-order valence-corrected chi connectivity index (χ1v) is 9.07. The number of carbonyl (C=O) groups is 3. The lowest BCUT2D eigenvalue weighted by Crippen LogP contribution is -2.32. The minimum Gasteiger partial charge on any atom is -0.507 e. The second-order valence-electron chi connectivity index (χ2n) is 6.16. The molecule has 2 aromatic carbocycles. The van der Waals surface area contributed by atoms with Crippen molar-refractivity contribution in [1.82, 2.24) is 4.90 Å². The molecular formula is C20H15Cl2NO5. The molecule has 6 nitrogen and oxygen atoms in total. The van der Waals surface area contributed by atoms with E-state index in [-0.39, 0.29) is 29.3 Å². The van der Waals surface area contributed by atoms with Crippen LogP contribution in [-0.4, -0.2) is 39.3 Å². The number of carboxylic acid groups (broad SMARTS) is 1. The summed E-state index contributed by atoms with van der Waals surface area (Å²) < 4.78 is 0. The molecule has 0 bridgehead atoms. The zero-order valence-corrected chi connectivity index (χ0v) is 15.9. The van der Waals surface area contributed by atoms with Crippen molar-refractivity contribution >= 4 is 46.6 Å². The molecule has 1 unspecified atom stereocenters. The number of nitrogens with zero attached hydrogens (tertiary/aromatic N) is 1. The number of aliphatic carboxylic acids is 1. The number of Topliss-reactive ketones (excluding diaryl/α,β-unsaturated/α-hetero) is 1. The molecule has 0 saturated carbocycles. The van der Waals surface area contributed by atoms with Gasteiger partial charge in [-0.3, -0.25) is 14.4 Å². The van der Waals surface area contributed by atoms with Gasteiger partial charge in [-0.1, -0.05) is 41.4 Å². The van der Waals surface area contributed by atoms with Crippen molar-refractivity contribution in [1.29, 1.82) is 0 Å². The summed E-state index contributed by atoms with van der Waals surface area (Å²) in [5, 5.41) is 20.5. The van der Waals surface area contributed by atoms with Crippen LogP contribution in [0.3, 0.4) is 0 Å². The lowest BCUT2D eigenvalue weighted by Gasteiger charge is -2.25. The average Bonchev–Trinajstić information content (AvgIpc) is 2.91. The Balaban J connectivity index is 2.18. The minimum atomic E-state index is -1.11. The first-order valence-electron chi connectivity index (χ1n) is 8.32. The number of carboxylic acids is 1. The Morgan fingerprint density at radius 1 is 1.00 bits per heavy atom. The van der Waals surface area contributed by atoms with Gasteiger partial charge >= 0.3 is 5.97 Å². The molecule has 1 aliphatic rings. The van der Waals surface area contributed by atoms with E-state index >= 15 is 0 Å². The number of hydrogen-bond donors (Lipinski definition) is 2. The predicted molar refractivity (Wildman–Crippen MR) is 104 cm³/mol. The van der Waals surface area contributed by atoms with Crippen molar-refractivity contribution < 1.29 is 24.6 Å². The van der Waals surface area contributed by atoms with Gasteiger partial charge in [-0.25, -0.2) is 0 Å². The molecule has 1 atom stereocenters. The summed E-state index contributed by atoms with van der Waals surface area (Å²) >= 11 is 12.1. The normalized spacial score (nSPS) is 18.5. The number of benzene rings is 2. The number of aliphatic hydroxyl groups excluding tert-OH is 1. The van der Waals surface area contributed by atoms with E-state index in [1.807, 2.05) is 0 Å².